The highest BCUT2D eigenvalue weighted by atomic mass is 16.7. The molecule has 2 atom stereocenters. The number of anilines is 1. The van der Waals surface area contributed by atoms with Crippen LogP contribution in [0.3, 0.4) is 0 Å². The summed E-state index contributed by atoms with van der Waals surface area (Å²) in [5.41, 5.74) is 0.553. The molecule has 4 rings (SSSR count). The van der Waals surface area contributed by atoms with Gasteiger partial charge in [0.2, 0.25) is 0 Å². The molecule has 9 heteroatoms. The van der Waals surface area contributed by atoms with Crippen LogP contribution in [0.2, 0.25) is 0 Å². The lowest BCUT2D eigenvalue weighted by Gasteiger charge is -2.35. The van der Waals surface area contributed by atoms with Crippen molar-refractivity contribution in [1.82, 2.24) is 9.96 Å². The Hall–Kier alpha value is -3.72. The molecule has 0 bridgehead atoms. The van der Waals surface area contributed by atoms with E-state index in [4.69, 9.17) is 9.57 Å². The van der Waals surface area contributed by atoms with Crippen LogP contribution >= 0.6 is 0 Å². The summed E-state index contributed by atoms with van der Waals surface area (Å²) < 4.78 is 5.63. The molecule has 0 unspecified atom stereocenters. The van der Waals surface area contributed by atoms with Gasteiger partial charge in [0.05, 0.1) is 34.6 Å². The molecular formula is C22H21N3O6. The number of imide groups is 1. The Kier molecular flexibility index (Phi) is 5.43. The fraction of sp³-hybridized carbons (Fsp3) is 0.273. The first-order chi connectivity index (χ1) is 14.8. The third-order valence-corrected chi connectivity index (χ3v) is 5.03. The number of carbonyl (C=O) groups excluding carboxylic acids is 4. The van der Waals surface area contributed by atoms with E-state index in [1.807, 2.05) is 13.8 Å². The van der Waals surface area contributed by atoms with Gasteiger partial charge in [-0.1, -0.05) is 29.3 Å². The van der Waals surface area contributed by atoms with Gasteiger partial charge in [-0.25, -0.2) is 9.59 Å². The number of hydrogen-bond donors (Lipinski definition) is 1. The number of rotatable bonds is 3. The molecule has 1 fully saturated rings. The summed E-state index contributed by atoms with van der Waals surface area (Å²) in [5.74, 6) is -2.37. The van der Waals surface area contributed by atoms with Crippen LogP contribution < -0.4 is 5.32 Å². The standard InChI is InChI=1S/C22H21N3O6/c1-13-11-24(12-14(2)30-13)22(29)23-18-10-6-5-9-17(18)21(28)31-25-19(26)15-7-3-4-8-16(15)20(25)27/h3-10,13-14H,11-12H2,1-2H3,(H,23,29)/t13-,14+. The number of urea groups is 1. The van der Waals surface area contributed by atoms with Gasteiger partial charge in [0.15, 0.2) is 0 Å². The van der Waals surface area contributed by atoms with E-state index in [9.17, 15) is 19.2 Å². The maximum Gasteiger partial charge on any atom is 0.366 e. The number of carbonyl (C=O) groups is 4. The monoisotopic (exact) mass is 423 g/mol. The number of ether oxygens (including phenoxy) is 1. The molecule has 1 saturated heterocycles. The first kappa shape index (κ1) is 20.5. The summed E-state index contributed by atoms with van der Waals surface area (Å²) in [6, 6.07) is 12.1. The topological polar surface area (TPSA) is 105 Å². The predicted octanol–water partition coefficient (Wildman–Crippen LogP) is 2.70. The minimum Gasteiger partial charge on any atom is -0.372 e. The van der Waals surface area contributed by atoms with Gasteiger partial charge in [0, 0.05) is 13.1 Å². The van der Waals surface area contributed by atoms with Crippen molar-refractivity contribution in [3.05, 3.63) is 65.2 Å². The van der Waals surface area contributed by atoms with E-state index in [-0.39, 0.29) is 40.6 Å². The quantitative estimate of drug-likeness (QED) is 0.761. The zero-order valence-electron chi connectivity index (χ0n) is 17.0. The van der Waals surface area contributed by atoms with Crippen molar-refractivity contribution < 1.29 is 28.8 Å². The van der Waals surface area contributed by atoms with E-state index in [0.717, 1.165) is 0 Å². The predicted molar refractivity (Wildman–Crippen MR) is 109 cm³/mol. The second-order valence-electron chi connectivity index (χ2n) is 7.47. The Labute approximate surface area is 178 Å². The Morgan fingerprint density at radius 3 is 2.10 bits per heavy atom. The molecule has 2 aromatic carbocycles. The molecule has 0 aromatic heterocycles. The van der Waals surface area contributed by atoms with Crippen LogP contribution in [-0.4, -0.2) is 59.1 Å². The number of hydroxylamine groups is 2. The van der Waals surface area contributed by atoms with Gasteiger partial charge < -0.3 is 19.8 Å². The summed E-state index contributed by atoms with van der Waals surface area (Å²) in [6.07, 6.45) is -0.216. The van der Waals surface area contributed by atoms with Crippen molar-refractivity contribution in [2.24, 2.45) is 0 Å². The Balaban J connectivity index is 1.50. The van der Waals surface area contributed by atoms with Gasteiger partial charge in [-0.15, -0.1) is 0 Å². The van der Waals surface area contributed by atoms with Crippen molar-refractivity contribution in [3.8, 4) is 0 Å². The molecule has 9 nitrogen and oxygen atoms in total. The number of benzene rings is 2. The fourth-order valence-corrected chi connectivity index (χ4v) is 3.69. The van der Waals surface area contributed by atoms with E-state index in [2.05, 4.69) is 5.32 Å². The number of nitrogens with zero attached hydrogens (tertiary/aromatic N) is 2. The lowest BCUT2D eigenvalue weighted by Crippen LogP contribution is -2.49. The Bertz CT molecular complexity index is 1020. The molecule has 0 aliphatic carbocycles. The maximum absolute atomic E-state index is 12.8. The van der Waals surface area contributed by atoms with E-state index in [1.54, 1.807) is 35.2 Å². The number of para-hydroxylation sites is 1. The Morgan fingerprint density at radius 1 is 0.935 bits per heavy atom. The summed E-state index contributed by atoms with van der Waals surface area (Å²) >= 11 is 0. The largest absolute Gasteiger partial charge is 0.372 e. The molecule has 2 aliphatic rings. The lowest BCUT2D eigenvalue weighted by molar-refractivity contribution is -0.0584. The van der Waals surface area contributed by atoms with Crippen molar-refractivity contribution in [1.29, 1.82) is 0 Å². The van der Waals surface area contributed by atoms with Gasteiger partial charge in [0.25, 0.3) is 11.8 Å². The molecule has 0 spiro atoms. The molecule has 2 aliphatic heterocycles. The zero-order chi connectivity index (χ0) is 22.1. The van der Waals surface area contributed by atoms with Crippen LogP contribution in [0.4, 0.5) is 10.5 Å². The second-order valence-corrected chi connectivity index (χ2v) is 7.47. The average molecular weight is 423 g/mol. The highest BCUT2D eigenvalue weighted by Gasteiger charge is 2.39. The number of nitrogens with one attached hydrogen (secondary N) is 1. The second kappa shape index (κ2) is 8.19. The summed E-state index contributed by atoms with van der Waals surface area (Å²) in [6.45, 7) is 4.59. The molecule has 1 N–H and O–H groups in total. The third kappa shape index (κ3) is 3.99. The Morgan fingerprint density at radius 2 is 1.48 bits per heavy atom. The number of amides is 4. The zero-order valence-corrected chi connectivity index (χ0v) is 17.0. The van der Waals surface area contributed by atoms with E-state index < -0.39 is 17.8 Å². The summed E-state index contributed by atoms with van der Waals surface area (Å²) in [5, 5.41) is 3.15. The first-order valence-electron chi connectivity index (χ1n) is 9.85. The van der Waals surface area contributed by atoms with Gasteiger partial charge in [-0.05, 0) is 38.1 Å². The summed E-state index contributed by atoms with van der Waals surface area (Å²) in [7, 11) is 0. The normalized spacial score (nSPS) is 20.5. The van der Waals surface area contributed by atoms with Crippen LogP contribution in [-0.2, 0) is 9.57 Å². The molecule has 31 heavy (non-hydrogen) atoms. The SMILES string of the molecule is C[C@@H]1CN(C(=O)Nc2ccccc2C(=O)ON2C(=O)c3ccccc3C2=O)C[C@H](C)O1. The molecular weight excluding hydrogens is 402 g/mol. The fourth-order valence-electron chi connectivity index (χ4n) is 3.69. The molecule has 4 amide bonds. The van der Waals surface area contributed by atoms with Crippen LogP contribution in [0.25, 0.3) is 0 Å². The molecule has 2 aromatic rings. The van der Waals surface area contributed by atoms with Crippen LogP contribution in [0.15, 0.2) is 48.5 Å². The van der Waals surface area contributed by atoms with E-state index in [1.165, 1.54) is 18.2 Å². The van der Waals surface area contributed by atoms with Gasteiger partial charge in [-0.2, -0.15) is 0 Å². The van der Waals surface area contributed by atoms with Crippen molar-refractivity contribution in [3.63, 3.8) is 0 Å². The number of hydrogen-bond acceptors (Lipinski definition) is 6. The van der Waals surface area contributed by atoms with Crippen LogP contribution in [0.5, 0.6) is 0 Å². The van der Waals surface area contributed by atoms with Crippen LogP contribution in [0, 0.1) is 0 Å². The van der Waals surface area contributed by atoms with E-state index >= 15 is 0 Å². The maximum atomic E-state index is 12.8. The molecule has 2 heterocycles. The minimum absolute atomic E-state index is 0.0155. The van der Waals surface area contributed by atoms with E-state index in [0.29, 0.717) is 18.2 Å². The average Bonchev–Trinajstić information content (AvgIpc) is 2.98. The highest BCUT2D eigenvalue weighted by molar-refractivity contribution is 6.21. The summed E-state index contributed by atoms with van der Waals surface area (Å²) in [4.78, 5) is 57.1. The van der Waals surface area contributed by atoms with Crippen molar-refractivity contribution in [2.75, 3.05) is 18.4 Å². The van der Waals surface area contributed by atoms with Gasteiger partial charge >= 0.3 is 12.0 Å². The lowest BCUT2D eigenvalue weighted by atomic mass is 10.1. The smallest absolute Gasteiger partial charge is 0.366 e. The van der Waals surface area contributed by atoms with Crippen molar-refractivity contribution in [2.45, 2.75) is 26.1 Å². The van der Waals surface area contributed by atoms with Crippen LogP contribution in [0.1, 0.15) is 44.9 Å². The van der Waals surface area contributed by atoms with Gasteiger partial charge in [-0.3, -0.25) is 9.59 Å². The molecule has 0 saturated carbocycles. The number of morpholine rings is 1. The molecule has 160 valence electrons. The van der Waals surface area contributed by atoms with Gasteiger partial charge in [0.1, 0.15) is 0 Å². The minimum atomic E-state index is -0.936. The third-order valence-electron chi connectivity index (χ3n) is 5.03. The first-order valence-corrected chi connectivity index (χ1v) is 9.85. The number of fused-ring (bicyclic) bond motifs is 1. The highest BCUT2D eigenvalue weighted by Crippen LogP contribution is 2.25. The van der Waals surface area contributed by atoms with Crippen molar-refractivity contribution >= 4 is 29.5 Å². The molecule has 0 radical (unpaired) electrons.